The van der Waals surface area contributed by atoms with Crippen LogP contribution in [0.3, 0.4) is 0 Å². The zero-order valence-electron chi connectivity index (χ0n) is 11.9. The van der Waals surface area contributed by atoms with Crippen molar-refractivity contribution >= 4 is 5.69 Å². The summed E-state index contributed by atoms with van der Waals surface area (Å²) in [6.07, 6.45) is -0.520. The molecular weight excluding hydrogens is 252 g/mol. The maximum Gasteiger partial charge on any atom is 0.203 e. The van der Waals surface area contributed by atoms with Crippen LogP contribution in [-0.4, -0.2) is 18.2 Å². The Labute approximate surface area is 119 Å². The third kappa shape index (κ3) is 3.35. The Bertz CT molecular complexity index is 537. The SMILES string of the molecule is CCOC(OCC)c1nc(-c2ccccc2)ccc1N. The second-order valence-corrected chi connectivity index (χ2v) is 4.28. The number of rotatable bonds is 6. The smallest absolute Gasteiger partial charge is 0.203 e. The van der Waals surface area contributed by atoms with Gasteiger partial charge in [-0.05, 0) is 26.0 Å². The number of benzene rings is 1. The molecule has 106 valence electrons. The zero-order chi connectivity index (χ0) is 14.4. The molecule has 2 N–H and O–H groups in total. The molecule has 4 nitrogen and oxygen atoms in total. The lowest BCUT2D eigenvalue weighted by Crippen LogP contribution is -2.13. The van der Waals surface area contributed by atoms with E-state index in [1.807, 2.05) is 56.3 Å². The molecule has 0 bridgehead atoms. The fraction of sp³-hybridized carbons (Fsp3) is 0.312. The predicted octanol–water partition coefficient (Wildman–Crippen LogP) is 3.40. The summed E-state index contributed by atoms with van der Waals surface area (Å²) in [5, 5.41) is 0. The van der Waals surface area contributed by atoms with E-state index in [1.165, 1.54) is 0 Å². The van der Waals surface area contributed by atoms with E-state index >= 15 is 0 Å². The van der Waals surface area contributed by atoms with Crippen molar-refractivity contribution in [2.45, 2.75) is 20.1 Å². The lowest BCUT2D eigenvalue weighted by Gasteiger charge is -2.18. The summed E-state index contributed by atoms with van der Waals surface area (Å²) in [5.41, 5.74) is 9.12. The molecular formula is C16H20N2O2. The molecule has 1 aromatic heterocycles. The molecule has 0 atom stereocenters. The standard InChI is InChI=1S/C16H20N2O2/c1-3-19-16(20-4-2)15-13(17)10-11-14(18-15)12-8-6-5-7-9-12/h5-11,16H,3-4,17H2,1-2H3. The molecule has 0 amide bonds. The Morgan fingerprint density at radius 2 is 1.65 bits per heavy atom. The van der Waals surface area contributed by atoms with Crippen LogP contribution in [0.25, 0.3) is 11.3 Å². The van der Waals surface area contributed by atoms with Crippen LogP contribution < -0.4 is 5.73 Å². The minimum Gasteiger partial charge on any atom is -0.397 e. The number of hydrogen-bond acceptors (Lipinski definition) is 4. The van der Waals surface area contributed by atoms with Gasteiger partial charge in [0.2, 0.25) is 6.29 Å². The van der Waals surface area contributed by atoms with Crippen molar-refractivity contribution in [3.8, 4) is 11.3 Å². The third-order valence-electron chi connectivity index (χ3n) is 2.89. The number of nitrogen functional groups attached to an aromatic ring is 1. The average molecular weight is 272 g/mol. The van der Waals surface area contributed by atoms with Crippen molar-refractivity contribution in [3.63, 3.8) is 0 Å². The molecule has 20 heavy (non-hydrogen) atoms. The topological polar surface area (TPSA) is 57.4 Å². The first kappa shape index (κ1) is 14.5. The van der Waals surface area contributed by atoms with Gasteiger partial charge in [-0.25, -0.2) is 4.98 Å². The van der Waals surface area contributed by atoms with Crippen molar-refractivity contribution in [2.24, 2.45) is 0 Å². The lowest BCUT2D eigenvalue weighted by molar-refractivity contribution is -0.142. The zero-order valence-corrected chi connectivity index (χ0v) is 11.9. The highest BCUT2D eigenvalue weighted by atomic mass is 16.7. The van der Waals surface area contributed by atoms with E-state index < -0.39 is 6.29 Å². The first-order valence-electron chi connectivity index (χ1n) is 6.81. The predicted molar refractivity (Wildman–Crippen MR) is 80.1 cm³/mol. The molecule has 0 aliphatic heterocycles. The van der Waals surface area contributed by atoms with Gasteiger partial charge < -0.3 is 15.2 Å². The second-order valence-electron chi connectivity index (χ2n) is 4.28. The summed E-state index contributed by atoms with van der Waals surface area (Å²) < 4.78 is 11.2. The highest BCUT2D eigenvalue weighted by Crippen LogP contribution is 2.26. The highest BCUT2D eigenvalue weighted by Gasteiger charge is 2.17. The van der Waals surface area contributed by atoms with Gasteiger partial charge in [-0.15, -0.1) is 0 Å². The Hall–Kier alpha value is -1.91. The van der Waals surface area contributed by atoms with Crippen molar-refractivity contribution in [2.75, 3.05) is 18.9 Å². The van der Waals surface area contributed by atoms with E-state index in [1.54, 1.807) is 0 Å². The van der Waals surface area contributed by atoms with Crippen LogP contribution in [-0.2, 0) is 9.47 Å². The van der Waals surface area contributed by atoms with E-state index in [0.29, 0.717) is 24.6 Å². The maximum absolute atomic E-state index is 6.01. The summed E-state index contributed by atoms with van der Waals surface area (Å²) in [5.74, 6) is 0. The van der Waals surface area contributed by atoms with Gasteiger partial charge in [-0.3, -0.25) is 0 Å². The van der Waals surface area contributed by atoms with E-state index in [-0.39, 0.29) is 0 Å². The maximum atomic E-state index is 6.01. The van der Waals surface area contributed by atoms with Crippen molar-refractivity contribution in [3.05, 3.63) is 48.2 Å². The highest BCUT2D eigenvalue weighted by molar-refractivity contribution is 5.62. The van der Waals surface area contributed by atoms with Gasteiger partial charge in [-0.1, -0.05) is 30.3 Å². The summed E-state index contributed by atoms with van der Waals surface area (Å²) in [6, 6.07) is 13.7. The molecule has 2 rings (SSSR count). The molecule has 0 unspecified atom stereocenters. The molecule has 0 radical (unpaired) electrons. The Morgan fingerprint density at radius 3 is 2.25 bits per heavy atom. The number of anilines is 1. The Morgan fingerprint density at radius 1 is 1.00 bits per heavy atom. The minimum absolute atomic E-state index is 0.520. The second kappa shape index (κ2) is 7.03. The number of nitrogens with two attached hydrogens (primary N) is 1. The van der Waals surface area contributed by atoms with Crippen LogP contribution >= 0.6 is 0 Å². The van der Waals surface area contributed by atoms with Gasteiger partial charge in [-0.2, -0.15) is 0 Å². The van der Waals surface area contributed by atoms with Crippen molar-refractivity contribution in [1.29, 1.82) is 0 Å². The van der Waals surface area contributed by atoms with Gasteiger partial charge in [0.1, 0.15) is 5.69 Å². The first-order chi connectivity index (χ1) is 9.76. The molecule has 0 saturated heterocycles. The lowest BCUT2D eigenvalue weighted by atomic mass is 10.1. The molecule has 1 heterocycles. The van der Waals surface area contributed by atoms with Gasteiger partial charge in [0, 0.05) is 18.8 Å². The fourth-order valence-electron chi connectivity index (χ4n) is 1.95. The third-order valence-corrected chi connectivity index (χ3v) is 2.89. The normalized spacial score (nSPS) is 10.9. The van der Waals surface area contributed by atoms with Crippen LogP contribution in [0.15, 0.2) is 42.5 Å². The number of nitrogens with zero attached hydrogens (tertiary/aromatic N) is 1. The van der Waals surface area contributed by atoms with E-state index in [9.17, 15) is 0 Å². The van der Waals surface area contributed by atoms with Crippen molar-refractivity contribution in [1.82, 2.24) is 4.98 Å². The molecule has 0 fully saturated rings. The summed E-state index contributed by atoms with van der Waals surface area (Å²) in [4.78, 5) is 4.61. The first-order valence-corrected chi connectivity index (χ1v) is 6.81. The van der Waals surface area contributed by atoms with E-state index in [2.05, 4.69) is 4.98 Å². The Kier molecular flexibility index (Phi) is 5.09. The van der Waals surface area contributed by atoms with Crippen LogP contribution in [0.5, 0.6) is 0 Å². The van der Waals surface area contributed by atoms with Gasteiger partial charge in [0.05, 0.1) is 11.4 Å². The summed E-state index contributed by atoms with van der Waals surface area (Å²) >= 11 is 0. The number of aromatic nitrogens is 1. The summed E-state index contributed by atoms with van der Waals surface area (Å²) in [6.45, 7) is 4.93. The monoisotopic (exact) mass is 272 g/mol. The van der Waals surface area contributed by atoms with Gasteiger partial charge >= 0.3 is 0 Å². The van der Waals surface area contributed by atoms with Crippen LogP contribution in [0.2, 0.25) is 0 Å². The van der Waals surface area contributed by atoms with Gasteiger partial charge in [0.15, 0.2) is 0 Å². The number of pyridine rings is 1. The molecule has 1 aromatic carbocycles. The molecule has 0 spiro atoms. The Balaban J connectivity index is 2.37. The van der Waals surface area contributed by atoms with E-state index in [0.717, 1.165) is 11.3 Å². The largest absolute Gasteiger partial charge is 0.397 e. The molecule has 0 saturated carbocycles. The quantitative estimate of drug-likeness (QED) is 0.819. The summed E-state index contributed by atoms with van der Waals surface area (Å²) in [7, 11) is 0. The number of ether oxygens (including phenoxy) is 2. The van der Waals surface area contributed by atoms with Gasteiger partial charge in [0.25, 0.3) is 0 Å². The minimum atomic E-state index is -0.520. The van der Waals surface area contributed by atoms with Crippen LogP contribution in [0.4, 0.5) is 5.69 Å². The molecule has 4 heteroatoms. The molecule has 0 aliphatic rings. The van der Waals surface area contributed by atoms with E-state index in [4.69, 9.17) is 15.2 Å². The van der Waals surface area contributed by atoms with Crippen LogP contribution in [0, 0.1) is 0 Å². The van der Waals surface area contributed by atoms with Crippen molar-refractivity contribution < 1.29 is 9.47 Å². The van der Waals surface area contributed by atoms with Crippen LogP contribution in [0.1, 0.15) is 25.8 Å². The number of hydrogen-bond donors (Lipinski definition) is 1. The molecule has 0 aliphatic carbocycles. The average Bonchev–Trinajstić information content (AvgIpc) is 2.48. The fourth-order valence-corrected chi connectivity index (χ4v) is 1.95. The molecule has 2 aromatic rings.